The molecule has 0 fully saturated rings. The van der Waals surface area contributed by atoms with Crippen LogP contribution in [0.25, 0.3) is 16.7 Å². The summed E-state index contributed by atoms with van der Waals surface area (Å²) in [6.45, 7) is 4.25. The molecule has 106 valence electrons. The molecule has 2 heterocycles. The first kappa shape index (κ1) is 13.8. The first-order chi connectivity index (χ1) is 10.2. The summed E-state index contributed by atoms with van der Waals surface area (Å²) in [5.74, 6) is 0.436. The van der Waals surface area contributed by atoms with E-state index in [9.17, 15) is 4.79 Å². The summed E-state index contributed by atoms with van der Waals surface area (Å²) < 4.78 is 1.89. The van der Waals surface area contributed by atoms with Crippen molar-refractivity contribution < 1.29 is 4.79 Å². The van der Waals surface area contributed by atoms with Gasteiger partial charge in [-0.1, -0.05) is 44.0 Å². The molecule has 0 aliphatic carbocycles. The topological polar surface area (TPSA) is 34.9 Å². The van der Waals surface area contributed by atoms with Crippen LogP contribution < -0.4 is 0 Å². The van der Waals surface area contributed by atoms with E-state index in [1.165, 1.54) is 6.42 Å². The number of hydrogen-bond acceptors (Lipinski definition) is 2. The highest BCUT2D eigenvalue weighted by molar-refractivity contribution is 6.31. The number of imidazole rings is 1. The van der Waals surface area contributed by atoms with Crippen LogP contribution in [0.15, 0.2) is 42.5 Å². The number of carbonyl (C=O) groups is 1. The van der Waals surface area contributed by atoms with E-state index in [0.29, 0.717) is 16.4 Å². The van der Waals surface area contributed by atoms with Crippen molar-refractivity contribution in [3.63, 3.8) is 0 Å². The smallest absolute Gasteiger partial charge is 0.230 e. The molecule has 0 bridgehead atoms. The Balaban J connectivity index is 0.000000409. The molecule has 3 aromatic rings. The Kier molecular flexibility index (Phi) is 3.52. The minimum absolute atomic E-state index is 0.0297. The first-order valence-corrected chi connectivity index (χ1v) is 7.37. The van der Waals surface area contributed by atoms with Crippen LogP contribution in [0.3, 0.4) is 0 Å². The fourth-order valence-electron chi connectivity index (χ4n) is 2.43. The van der Waals surface area contributed by atoms with Gasteiger partial charge in [-0.25, -0.2) is 4.98 Å². The third kappa shape index (κ3) is 2.14. The standard InChI is InChI=1S/C14H7ClN2O.C3H8/c15-8-5-6-12-10(7-8)16-14-13(18)9-3-1-2-4-11(9)17(12)14;1-3-2/h1-7H;3H2,1-2H3. The Morgan fingerprint density at radius 1 is 1.14 bits per heavy atom. The predicted octanol–water partition coefficient (Wildman–Crippen LogP) is 4.64. The second kappa shape index (κ2) is 5.34. The van der Waals surface area contributed by atoms with Crippen molar-refractivity contribution >= 4 is 28.4 Å². The second-order valence-corrected chi connectivity index (χ2v) is 5.39. The lowest BCUT2D eigenvalue weighted by Crippen LogP contribution is -1.97. The number of rotatable bonds is 0. The first-order valence-electron chi connectivity index (χ1n) is 6.99. The van der Waals surface area contributed by atoms with Gasteiger partial charge in [0.2, 0.25) is 5.78 Å². The number of para-hydroxylation sites is 1. The zero-order valence-corrected chi connectivity index (χ0v) is 12.7. The van der Waals surface area contributed by atoms with E-state index in [1.807, 2.05) is 41.0 Å². The van der Waals surface area contributed by atoms with Crippen molar-refractivity contribution in [2.75, 3.05) is 0 Å². The molecule has 0 saturated carbocycles. The summed E-state index contributed by atoms with van der Waals surface area (Å²) in [5, 5.41) is 0.625. The van der Waals surface area contributed by atoms with Crippen LogP contribution in [0.2, 0.25) is 5.02 Å². The minimum Gasteiger partial charge on any atom is -0.289 e. The molecule has 2 aromatic carbocycles. The highest BCUT2D eigenvalue weighted by atomic mass is 35.5. The number of halogens is 1. The normalized spacial score (nSPS) is 11.9. The minimum atomic E-state index is -0.0297. The molecular weight excluding hydrogens is 284 g/mol. The fourth-order valence-corrected chi connectivity index (χ4v) is 2.60. The van der Waals surface area contributed by atoms with Crippen molar-refractivity contribution in [2.45, 2.75) is 20.3 Å². The maximum atomic E-state index is 12.2. The largest absolute Gasteiger partial charge is 0.289 e. The summed E-state index contributed by atoms with van der Waals surface area (Å²) in [7, 11) is 0. The van der Waals surface area contributed by atoms with Crippen LogP contribution in [-0.2, 0) is 0 Å². The zero-order chi connectivity index (χ0) is 15.0. The van der Waals surface area contributed by atoms with E-state index in [0.717, 1.165) is 16.7 Å². The lowest BCUT2D eigenvalue weighted by atomic mass is 10.1. The molecule has 0 spiro atoms. The third-order valence-corrected chi connectivity index (χ3v) is 3.44. The van der Waals surface area contributed by atoms with Crippen LogP contribution in [0.5, 0.6) is 0 Å². The molecule has 1 aromatic heterocycles. The van der Waals surface area contributed by atoms with E-state index in [2.05, 4.69) is 18.8 Å². The molecule has 0 amide bonds. The summed E-state index contributed by atoms with van der Waals surface area (Å²) in [4.78, 5) is 16.6. The lowest BCUT2D eigenvalue weighted by Gasteiger charge is -2.01. The molecule has 0 saturated heterocycles. The zero-order valence-electron chi connectivity index (χ0n) is 11.9. The lowest BCUT2D eigenvalue weighted by molar-refractivity contribution is 0.103. The SMILES string of the molecule is CCC.O=C1c2ccccc2-n2c1nc1cc(Cl)ccc12. The van der Waals surface area contributed by atoms with Crippen LogP contribution in [-0.4, -0.2) is 15.3 Å². The van der Waals surface area contributed by atoms with Gasteiger partial charge in [-0.2, -0.15) is 0 Å². The summed E-state index contributed by atoms with van der Waals surface area (Å²) in [6.07, 6.45) is 1.25. The number of ketones is 1. The maximum Gasteiger partial charge on any atom is 0.230 e. The Bertz CT molecular complexity index is 836. The molecule has 0 unspecified atom stereocenters. The molecule has 0 atom stereocenters. The van der Waals surface area contributed by atoms with Crippen LogP contribution >= 0.6 is 11.6 Å². The fraction of sp³-hybridized carbons (Fsp3) is 0.176. The number of fused-ring (bicyclic) bond motifs is 5. The maximum absolute atomic E-state index is 12.2. The molecule has 1 aliphatic rings. The van der Waals surface area contributed by atoms with Gasteiger partial charge < -0.3 is 0 Å². The number of nitrogens with zero attached hydrogens (tertiary/aromatic N) is 2. The average Bonchev–Trinajstić information content (AvgIpc) is 2.97. The highest BCUT2D eigenvalue weighted by Crippen LogP contribution is 2.32. The van der Waals surface area contributed by atoms with E-state index >= 15 is 0 Å². The predicted molar refractivity (Wildman–Crippen MR) is 85.5 cm³/mol. The third-order valence-electron chi connectivity index (χ3n) is 3.21. The molecule has 1 aliphatic heterocycles. The van der Waals surface area contributed by atoms with Gasteiger partial charge in [-0.3, -0.25) is 9.36 Å². The van der Waals surface area contributed by atoms with Crippen molar-refractivity contribution in [2.24, 2.45) is 0 Å². The van der Waals surface area contributed by atoms with E-state index < -0.39 is 0 Å². The van der Waals surface area contributed by atoms with E-state index in [4.69, 9.17) is 11.6 Å². The van der Waals surface area contributed by atoms with Gasteiger partial charge >= 0.3 is 0 Å². The molecule has 3 nitrogen and oxygen atoms in total. The van der Waals surface area contributed by atoms with E-state index in [-0.39, 0.29) is 5.78 Å². The Hall–Kier alpha value is -2.13. The Morgan fingerprint density at radius 2 is 1.86 bits per heavy atom. The van der Waals surface area contributed by atoms with Gasteiger partial charge in [-0.05, 0) is 30.3 Å². The van der Waals surface area contributed by atoms with Crippen molar-refractivity contribution in [3.05, 3.63) is 58.9 Å². The van der Waals surface area contributed by atoms with Crippen LogP contribution in [0.1, 0.15) is 36.5 Å². The van der Waals surface area contributed by atoms with Gasteiger partial charge in [0, 0.05) is 10.6 Å². The van der Waals surface area contributed by atoms with Gasteiger partial charge in [-0.15, -0.1) is 0 Å². The number of carbonyl (C=O) groups excluding carboxylic acids is 1. The summed E-state index contributed by atoms with van der Waals surface area (Å²) in [5.41, 5.74) is 3.26. The monoisotopic (exact) mass is 298 g/mol. The molecule has 4 heteroatoms. The number of benzene rings is 2. The van der Waals surface area contributed by atoms with Gasteiger partial charge in [0.25, 0.3) is 0 Å². The molecule has 21 heavy (non-hydrogen) atoms. The summed E-state index contributed by atoms with van der Waals surface area (Å²) in [6, 6.07) is 13.0. The van der Waals surface area contributed by atoms with E-state index in [1.54, 1.807) is 6.07 Å². The van der Waals surface area contributed by atoms with Crippen molar-refractivity contribution in [3.8, 4) is 5.69 Å². The van der Waals surface area contributed by atoms with Crippen molar-refractivity contribution in [1.82, 2.24) is 9.55 Å². The molecule has 0 radical (unpaired) electrons. The Labute approximate surface area is 128 Å². The number of aromatic nitrogens is 2. The summed E-state index contributed by atoms with van der Waals surface area (Å²) >= 11 is 5.94. The van der Waals surface area contributed by atoms with Crippen molar-refractivity contribution in [1.29, 1.82) is 0 Å². The molecule has 0 N–H and O–H groups in total. The highest BCUT2D eigenvalue weighted by Gasteiger charge is 2.29. The molecule has 4 rings (SSSR count). The van der Waals surface area contributed by atoms with Crippen LogP contribution in [0, 0.1) is 0 Å². The number of hydrogen-bond donors (Lipinski definition) is 0. The van der Waals surface area contributed by atoms with Gasteiger partial charge in [0.1, 0.15) is 0 Å². The van der Waals surface area contributed by atoms with Gasteiger partial charge in [0.05, 0.1) is 16.7 Å². The Morgan fingerprint density at radius 3 is 2.62 bits per heavy atom. The van der Waals surface area contributed by atoms with Crippen LogP contribution in [0.4, 0.5) is 0 Å². The second-order valence-electron chi connectivity index (χ2n) is 4.96. The van der Waals surface area contributed by atoms with Gasteiger partial charge in [0.15, 0.2) is 5.82 Å². The average molecular weight is 299 g/mol. The molecular formula is C17H15ClN2O. The quantitative estimate of drug-likeness (QED) is 0.474.